The topological polar surface area (TPSA) is 158 Å². The van der Waals surface area contributed by atoms with E-state index in [2.05, 4.69) is 48.9 Å². The van der Waals surface area contributed by atoms with E-state index in [1.165, 1.54) is 103 Å². The Bertz CT molecular complexity index is 1750. The summed E-state index contributed by atoms with van der Waals surface area (Å²) in [7, 11) is 0. The van der Waals surface area contributed by atoms with Crippen LogP contribution in [-0.4, -0.2) is 71.6 Å². The third kappa shape index (κ3) is 34.7. The zero-order valence-corrected chi connectivity index (χ0v) is 43.5. The molecule has 1 N–H and O–H groups in total. The van der Waals surface area contributed by atoms with Crippen LogP contribution in [0.1, 0.15) is 189 Å². The fourth-order valence-electron chi connectivity index (χ4n) is 6.25. The van der Waals surface area contributed by atoms with Gasteiger partial charge in [-0.15, -0.1) is 15.0 Å². The van der Waals surface area contributed by atoms with E-state index in [4.69, 9.17) is 38.3 Å². The van der Waals surface area contributed by atoms with Crippen LogP contribution in [0.3, 0.4) is 0 Å². The van der Waals surface area contributed by atoms with Gasteiger partial charge in [0.1, 0.15) is 23.0 Å². The number of carbonyl (C=O) groups is 2. The molecule has 1 heterocycles. The highest BCUT2D eigenvalue weighted by atomic mass is 16.5. The number of unbranched alkanes of at least 4 members (excludes halogenated alkanes) is 18. The zero-order valence-electron chi connectivity index (χ0n) is 43.5. The van der Waals surface area contributed by atoms with Crippen LogP contribution < -0.4 is 33.2 Å². The summed E-state index contributed by atoms with van der Waals surface area (Å²) in [6.07, 6.45) is 28.1. The minimum Gasteiger partial charge on any atom is -0.494 e. The van der Waals surface area contributed by atoms with Crippen LogP contribution in [0.4, 0.5) is 0 Å². The molecule has 388 valence electrons. The molecule has 0 bridgehead atoms. The van der Waals surface area contributed by atoms with Crippen LogP contribution >= 0.6 is 0 Å². The number of benzene rings is 2. The lowest BCUT2D eigenvalue weighted by atomic mass is 10.1. The monoisotopic (exact) mass is 964 g/mol. The van der Waals surface area contributed by atoms with Crippen molar-refractivity contribution in [3.63, 3.8) is 0 Å². The van der Waals surface area contributed by atoms with E-state index in [-0.39, 0.29) is 24.6 Å². The second-order valence-electron chi connectivity index (χ2n) is 17.1. The maximum Gasteiger partial charge on any atom is 0.338 e. The van der Waals surface area contributed by atoms with E-state index in [0.29, 0.717) is 48.9 Å². The zero-order chi connectivity index (χ0) is 50.6. The van der Waals surface area contributed by atoms with Crippen molar-refractivity contribution in [3.8, 4) is 41.0 Å². The molecule has 0 aliphatic carbocycles. The first-order valence-corrected chi connectivity index (χ1v) is 26.0. The summed E-state index contributed by atoms with van der Waals surface area (Å²) in [4.78, 5) is 35.1. The molecule has 0 fully saturated rings. The Labute approximate surface area is 416 Å². The van der Waals surface area contributed by atoms with Gasteiger partial charge in [0.05, 0.1) is 33.0 Å². The summed E-state index contributed by atoms with van der Waals surface area (Å²) < 4.78 is 38.0. The Morgan fingerprint density at radius 1 is 0.391 bits per heavy atom. The highest BCUT2D eigenvalue weighted by Crippen LogP contribution is 2.21. The van der Waals surface area contributed by atoms with Gasteiger partial charge in [-0.25, -0.2) is 9.59 Å². The van der Waals surface area contributed by atoms with Crippen LogP contribution in [0.2, 0.25) is 0 Å². The minimum absolute atomic E-state index is 0.0602. The molecule has 3 aromatic rings. The third-order valence-electron chi connectivity index (χ3n) is 10.3. The lowest BCUT2D eigenvalue weighted by Crippen LogP contribution is -2.09. The molecule has 0 atom stereocenters. The first-order chi connectivity index (χ1) is 33.6. The summed E-state index contributed by atoms with van der Waals surface area (Å²) in [5.74, 6) is 1.84. The van der Waals surface area contributed by atoms with Crippen molar-refractivity contribution in [3.05, 3.63) is 72.8 Å². The molecule has 0 amide bonds. The SMILES string of the molecule is C=C(C)C(=O)Oc1ccc(OCCCCCCCCCC)cc1.C=C(C)C(=O)Oc1ccc(OCCCCCCCCCCCC)cc1.CCCCCOc1nc(OCCC)nc(OCCCO)n1. The van der Waals surface area contributed by atoms with Crippen LogP contribution in [0.5, 0.6) is 41.0 Å². The smallest absolute Gasteiger partial charge is 0.338 e. The van der Waals surface area contributed by atoms with E-state index in [1.807, 2.05) is 31.2 Å². The normalized spacial score (nSPS) is 10.4. The number of aliphatic hydroxyl groups excluding tert-OH is 1. The Morgan fingerprint density at radius 3 is 1.00 bits per heavy atom. The maximum atomic E-state index is 11.4. The largest absolute Gasteiger partial charge is 0.494 e. The van der Waals surface area contributed by atoms with Gasteiger partial charge >= 0.3 is 30.0 Å². The molecule has 3 rings (SSSR count). The summed E-state index contributed by atoms with van der Waals surface area (Å²) in [6, 6.07) is 14.9. The Morgan fingerprint density at radius 2 is 0.667 bits per heavy atom. The number of aromatic nitrogens is 3. The standard InChI is InChI=1S/C22H34O3.C20H30O3.C14H25N3O4/c1-4-5-6-7-8-9-10-11-12-13-18-24-20-14-16-21(17-15-20)25-22(23)19(2)3;1-4-5-6-7-8-9-10-11-16-22-18-12-14-19(15-13-18)23-20(21)17(2)3;1-3-5-6-10-20-13-15-12(19-9-4-2)16-14(17-13)21-11-7-8-18/h14-17H,2,4-13,18H2,1,3H3;12-15H,2,4-11,16H2,1,3H3;18H,3-11H2,1-2H3. The Balaban J connectivity index is 0.000000519. The van der Waals surface area contributed by atoms with Crippen molar-refractivity contribution < 1.29 is 47.9 Å². The number of esters is 2. The fraction of sp³-hybridized carbons (Fsp3) is 0.625. The van der Waals surface area contributed by atoms with Gasteiger partial charge in [-0.1, -0.05) is 156 Å². The van der Waals surface area contributed by atoms with E-state index in [0.717, 1.165) is 63.2 Å². The summed E-state index contributed by atoms with van der Waals surface area (Å²) in [5, 5.41) is 8.75. The van der Waals surface area contributed by atoms with E-state index in [9.17, 15) is 9.59 Å². The number of hydrogen-bond acceptors (Lipinski definition) is 13. The highest BCUT2D eigenvalue weighted by Gasteiger charge is 2.11. The molecular formula is C56H89N3O10. The molecule has 0 aliphatic heterocycles. The van der Waals surface area contributed by atoms with Gasteiger partial charge < -0.3 is 38.3 Å². The predicted octanol–water partition coefficient (Wildman–Crippen LogP) is 14.1. The van der Waals surface area contributed by atoms with Gasteiger partial charge in [-0.2, -0.15) is 0 Å². The number of rotatable bonds is 38. The van der Waals surface area contributed by atoms with Crippen molar-refractivity contribution in [1.82, 2.24) is 15.0 Å². The minimum atomic E-state index is -0.405. The van der Waals surface area contributed by atoms with Crippen molar-refractivity contribution in [2.24, 2.45) is 0 Å². The second kappa shape index (κ2) is 42.9. The van der Waals surface area contributed by atoms with Crippen LogP contribution in [0.15, 0.2) is 72.8 Å². The number of ether oxygens (including phenoxy) is 7. The van der Waals surface area contributed by atoms with E-state index >= 15 is 0 Å². The van der Waals surface area contributed by atoms with Crippen LogP contribution in [0.25, 0.3) is 0 Å². The van der Waals surface area contributed by atoms with E-state index < -0.39 is 11.9 Å². The highest BCUT2D eigenvalue weighted by molar-refractivity contribution is 5.89. The van der Waals surface area contributed by atoms with Gasteiger partial charge in [-0.3, -0.25) is 0 Å². The number of hydrogen-bond donors (Lipinski definition) is 1. The van der Waals surface area contributed by atoms with Gasteiger partial charge in [0.2, 0.25) is 0 Å². The summed E-state index contributed by atoms with van der Waals surface area (Å²) in [5.41, 5.74) is 0.779. The second-order valence-corrected chi connectivity index (χ2v) is 17.1. The average Bonchev–Trinajstić information content (AvgIpc) is 3.34. The van der Waals surface area contributed by atoms with Crippen molar-refractivity contribution >= 4 is 11.9 Å². The molecule has 0 spiro atoms. The molecule has 0 saturated carbocycles. The maximum absolute atomic E-state index is 11.4. The van der Waals surface area contributed by atoms with Crippen LogP contribution in [-0.2, 0) is 9.59 Å². The molecular weight excluding hydrogens is 875 g/mol. The number of nitrogens with zero attached hydrogens (tertiary/aromatic N) is 3. The molecule has 0 radical (unpaired) electrons. The quantitative estimate of drug-likeness (QED) is 0.0251. The Hall–Kier alpha value is -5.17. The van der Waals surface area contributed by atoms with Crippen molar-refractivity contribution in [2.75, 3.05) is 39.6 Å². The average molecular weight is 964 g/mol. The van der Waals surface area contributed by atoms with Gasteiger partial charge in [0.25, 0.3) is 0 Å². The van der Waals surface area contributed by atoms with Crippen molar-refractivity contribution in [1.29, 1.82) is 0 Å². The third-order valence-corrected chi connectivity index (χ3v) is 10.3. The van der Waals surface area contributed by atoms with Crippen LogP contribution in [0, 0.1) is 0 Å². The molecule has 13 heteroatoms. The first-order valence-electron chi connectivity index (χ1n) is 26.0. The number of carbonyl (C=O) groups excluding carboxylic acids is 2. The first kappa shape index (κ1) is 61.8. The molecule has 2 aromatic carbocycles. The lowest BCUT2D eigenvalue weighted by molar-refractivity contribution is -0.130. The molecule has 13 nitrogen and oxygen atoms in total. The van der Waals surface area contributed by atoms with Gasteiger partial charge in [-0.05, 0) is 88.1 Å². The Kier molecular flexibility index (Phi) is 38.4. The predicted molar refractivity (Wildman–Crippen MR) is 277 cm³/mol. The molecule has 1 aromatic heterocycles. The summed E-state index contributed by atoms with van der Waals surface area (Å²) in [6.45, 7) is 22.0. The van der Waals surface area contributed by atoms with Gasteiger partial charge in [0, 0.05) is 24.2 Å². The molecule has 0 aliphatic rings. The summed E-state index contributed by atoms with van der Waals surface area (Å²) >= 11 is 0. The molecule has 0 saturated heterocycles. The molecule has 0 unspecified atom stereocenters. The van der Waals surface area contributed by atoms with Gasteiger partial charge in [0.15, 0.2) is 0 Å². The molecule has 69 heavy (non-hydrogen) atoms. The fourth-order valence-corrected chi connectivity index (χ4v) is 6.25. The lowest BCUT2D eigenvalue weighted by Gasteiger charge is -2.09. The van der Waals surface area contributed by atoms with Crippen molar-refractivity contribution in [2.45, 2.75) is 189 Å². The van der Waals surface area contributed by atoms with E-state index in [1.54, 1.807) is 38.1 Å². The number of aliphatic hydroxyl groups is 1.